The fourth-order valence-electron chi connectivity index (χ4n) is 3.03. The van der Waals surface area contributed by atoms with Gasteiger partial charge in [0.05, 0.1) is 5.25 Å². The Morgan fingerprint density at radius 1 is 1.24 bits per heavy atom. The van der Waals surface area contributed by atoms with Crippen molar-refractivity contribution in [3.8, 4) is 0 Å². The maximum absolute atomic E-state index is 13.0. The molecule has 1 saturated heterocycles. The van der Waals surface area contributed by atoms with Crippen LogP contribution in [0.15, 0.2) is 59.5 Å². The number of hydrogen-bond acceptors (Lipinski definition) is 3. The fraction of sp³-hybridized carbons (Fsp3) is 0.350. The highest BCUT2D eigenvalue weighted by atomic mass is 32.2. The van der Waals surface area contributed by atoms with Crippen LogP contribution in [0.2, 0.25) is 0 Å². The monoisotopic (exact) mass is 358 g/mol. The molecule has 25 heavy (non-hydrogen) atoms. The Morgan fingerprint density at radius 2 is 1.96 bits per heavy atom. The number of halogens is 1. The van der Waals surface area contributed by atoms with E-state index in [2.05, 4.69) is 34.5 Å². The molecule has 0 aromatic heterocycles. The standard InChI is InChI=1S/C20H23FN2OS/c1-15(25-19-9-7-17(21)8-10-19)20(24)22-18-11-12-23(14-18)13-16-5-3-2-4-6-16/h2-10,15,18H,11-14H2,1H3,(H,22,24). The van der Waals surface area contributed by atoms with Gasteiger partial charge in [0.2, 0.25) is 5.91 Å². The van der Waals surface area contributed by atoms with Crippen LogP contribution in [0.25, 0.3) is 0 Å². The largest absolute Gasteiger partial charge is 0.351 e. The molecule has 1 N–H and O–H groups in total. The minimum atomic E-state index is -0.258. The Morgan fingerprint density at radius 3 is 2.68 bits per heavy atom. The summed E-state index contributed by atoms with van der Waals surface area (Å²) in [6.45, 7) is 4.70. The van der Waals surface area contributed by atoms with Crippen LogP contribution >= 0.6 is 11.8 Å². The Hall–Kier alpha value is -1.85. The van der Waals surface area contributed by atoms with E-state index >= 15 is 0 Å². The van der Waals surface area contributed by atoms with Crippen LogP contribution < -0.4 is 5.32 Å². The van der Waals surface area contributed by atoms with Gasteiger partial charge in [-0.25, -0.2) is 4.39 Å². The molecular weight excluding hydrogens is 335 g/mol. The number of thioether (sulfide) groups is 1. The molecule has 5 heteroatoms. The van der Waals surface area contributed by atoms with Crippen LogP contribution in [0.5, 0.6) is 0 Å². The first-order chi connectivity index (χ1) is 12.1. The van der Waals surface area contributed by atoms with Crippen molar-refractivity contribution >= 4 is 17.7 Å². The lowest BCUT2D eigenvalue weighted by molar-refractivity contribution is -0.120. The average molecular weight is 358 g/mol. The summed E-state index contributed by atoms with van der Waals surface area (Å²) < 4.78 is 13.0. The molecule has 132 valence electrons. The van der Waals surface area contributed by atoms with Crippen molar-refractivity contribution in [1.29, 1.82) is 0 Å². The van der Waals surface area contributed by atoms with E-state index in [9.17, 15) is 9.18 Å². The lowest BCUT2D eigenvalue weighted by atomic mass is 10.2. The molecule has 2 aromatic rings. The first kappa shape index (κ1) is 18.0. The van der Waals surface area contributed by atoms with Crippen molar-refractivity contribution in [2.24, 2.45) is 0 Å². The quantitative estimate of drug-likeness (QED) is 0.799. The molecule has 0 radical (unpaired) electrons. The average Bonchev–Trinajstić information content (AvgIpc) is 3.04. The SMILES string of the molecule is CC(Sc1ccc(F)cc1)C(=O)NC1CCN(Cc2ccccc2)C1. The van der Waals surface area contributed by atoms with E-state index in [1.807, 2.05) is 13.0 Å². The molecule has 0 spiro atoms. The predicted molar refractivity (Wildman–Crippen MR) is 100.0 cm³/mol. The van der Waals surface area contributed by atoms with Crippen molar-refractivity contribution < 1.29 is 9.18 Å². The minimum Gasteiger partial charge on any atom is -0.351 e. The zero-order valence-corrected chi connectivity index (χ0v) is 15.1. The van der Waals surface area contributed by atoms with Crippen LogP contribution in [0.3, 0.4) is 0 Å². The first-order valence-corrected chi connectivity index (χ1v) is 9.47. The number of rotatable bonds is 6. The number of carbonyl (C=O) groups excluding carboxylic acids is 1. The Bertz CT molecular complexity index is 693. The van der Waals surface area contributed by atoms with Crippen LogP contribution in [0.1, 0.15) is 18.9 Å². The van der Waals surface area contributed by atoms with Crippen LogP contribution in [0.4, 0.5) is 4.39 Å². The van der Waals surface area contributed by atoms with Gasteiger partial charge in [0, 0.05) is 30.6 Å². The van der Waals surface area contributed by atoms with Gasteiger partial charge in [-0.3, -0.25) is 9.69 Å². The molecule has 1 amide bonds. The summed E-state index contributed by atoms with van der Waals surface area (Å²) in [5, 5.41) is 2.95. The summed E-state index contributed by atoms with van der Waals surface area (Å²) in [6.07, 6.45) is 0.979. The fourth-order valence-corrected chi connectivity index (χ4v) is 3.90. The van der Waals surface area contributed by atoms with E-state index in [-0.39, 0.29) is 23.0 Å². The molecular formula is C20H23FN2OS. The van der Waals surface area contributed by atoms with Crippen molar-refractivity contribution in [2.75, 3.05) is 13.1 Å². The Kier molecular flexibility index (Phi) is 6.10. The van der Waals surface area contributed by atoms with E-state index in [0.717, 1.165) is 31.0 Å². The molecule has 3 rings (SSSR count). The molecule has 0 aliphatic carbocycles. The van der Waals surface area contributed by atoms with Gasteiger partial charge in [0.25, 0.3) is 0 Å². The molecule has 2 aromatic carbocycles. The number of hydrogen-bond donors (Lipinski definition) is 1. The minimum absolute atomic E-state index is 0.0425. The number of amides is 1. The molecule has 0 bridgehead atoms. The number of likely N-dealkylation sites (tertiary alicyclic amines) is 1. The van der Waals surface area contributed by atoms with Crippen molar-refractivity contribution in [3.05, 3.63) is 66.0 Å². The van der Waals surface area contributed by atoms with Gasteiger partial charge >= 0.3 is 0 Å². The molecule has 1 heterocycles. The van der Waals surface area contributed by atoms with Gasteiger partial charge < -0.3 is 5.32 Å². The van der Waals surface area contributed by atoms with Crippen LogP contribution in [-0.2, 0) is 11.3 Å². The van der Waals surface area contributed by atoms with Gasteiger partial charge in [0.1, 0.15) is 5.82 Å². The Labute approximate surface area is 152 Å². The third kappa shape index (κ3) is 5.31. The van der Waals surface area contributed by atoms with Crippen molar-refractivity contribution in [3.63, 3.8) is 0 Å². The summed E-state index contributed by atoms with van der Waals surface area (Å²) in [5.41, 5.74) is 1.30. The summed E-state index contributed by atoms with van der Waals surface area (Å²) in [5.74, 6) is -0.216. The highest BCUT2D eigenvalue weighted by Crippen LogP contribution is 2.24. The van der Waals surface area contributed by atoms with Crippen LogP contribution in [-0.4, -0.2) is 35.2 Å². The summed E-state index contributed by atoms with van der Waals surface area (Å²) in [7, 11) is 0. The predicted octanol–water partition coefficient (Wildman–Crippen LogP) is 3.70. The molecule has 0 saturated carbocycles. The second-order valence-corrected chi connectivity index (χ2v) is 7.84. The maximum atomic E-state index is 13.0. The molecule has 2 atom stereocenters. The lowest BCUT2D eigenvalue weighted by Gasteiger charge is -2.18. The summed E-state index contributed by atoms with van der Waals surface area (Å²) >= 11 is 1.45. The number of nitrogens with zero attached hydrogens (tertiary/aromatic N) is 1. The van der Waals surface area contributed by atoms with Gasteiger partial charge in [-0.15, -0.1) is 11.8 Å². The first-order valence-electron chi connectivity index (χ1n) is 8.59. The van der Waals surface area contributed by atoms with Gasteiger partial charge in [-0.05, 0) is 43.2 Å². The van der Waals surface area contributed by atoms with Gasteiger partial charge in [-0.1, -0.05) is 30.3 Å². The second kappa shape index (κ2) is 8.50. The molecule has 3 nitrogen and oxygen atoms in total. The third-order valence-corrected chi connectivity index (χ3v) is 5.48. The van der Waals surface area contributed by atoms with Gasteiger partial charge in [0.15, 0.2) is 0 Å². The normalized spacial score (nSPS) is 18.9. The molecule has 2 unspecified atom stereocenters. The number of nitrogens with one attached hydrogen (secondary N) is 1. The lowest BCUT2D eigenvalue weighted by Crippen LogP contribution is -2.40. The second-order valence-electron chi connectivity index (χ2n) is 6.43. The van der Waals surface area contributed by atoms with Crippen LogP contribution in [0, 0.1) is 5.82 Å². The zero-order valence-electron chi connectivity index (χ0n) is 14.3. The smallest absolute Gasteiger partial charge is 0.233 e. The Balaban J connectivity index is 1.45. The highest BCUT2D eigenvalue weighted by Gasteiger charge is 2.25. The van der Waals surface area contributed by atoms with E-state index in [1.54, 1.807) is 12.1 Å². The molecule has 1 fully saturated rings. The third-order valence-electron chi connectivity index (χ3n) is 4.36. The van der Waals surface area contributed by atoms with E-state index in [4.69, 9.17) is 0 Å². The summed E-state index contributed by atoms with van der Waals surface area (Å²) in [6, 6.07) is 16.9. The van der Waals surface area contributed by atoms with Crippen molar-refractivity contribution in [2.45, 2.75) is 36.1 Å². The van der Waals surface area contributed by atoms with E-state index in [0.29, 0.717) is 0 Å². The van der Waals surface area contributed by atoms with E-state index in [1.165, 1.54) is 29.5 Å². The van der Waals surface area contributed by atoms with Gasteiger partial charge in [-0.2, -0.15) is 0 Å². The highest BCUT2D eigenvalue weighted by molar-refractivity contribution is 8.00. The summed E-state index contributed by atoms with van der Waals surface area (Å²) in [4.78, 5) is 15.7. The zero-order chi connectivity index (χ0) is 17.6. The molecule has 1 aliphatic rings. The number of benzene rings is 2. The van der Waals surface area contributed by atoms with E-state index < -0.39 is 0 Å². The molecule has 1 aliphatic heterocycles. The maximum Gasteiger partial charge on any atom is 0.233 e. The topological polar surface area (TPSA) is 32.3 Å². The van der Waals surface area contributed by atoms with Crippen molar-refractivity contribution in [1.82, 2.24) is 10.2 Å². The number of carbonyl (C=O) groups is 1.